The lowest BCUT2D eigenvalue weighted by molar-refractivity contribution is -0.145. The van der Waals surface area contributed by atoms with E-state index in [1.807, 2.05) is 12.3 Å². The second kappa shape index (κ2) is 7.43. The van der Waals surface area contributed by atoms with Crippen LogP contribution in [0.15, 0.2) is 5.38 Å². The van der Waals surface area contributed by atoms with Crippen LogP contribution in [-0.2, 0) is 16.0 Å². The number of hydrogen-bond donors (Lipinski definition) is 4. The molecule has 0 saturated heterocycles. The lowest BCUT2D eigenvalue weighted by Gasteiger charge is -2.12. The highest BCUT2D eigenvalue weighted by molar-refractivity contribution is 7.09. The van der Waals surface area contributed by atoms with Gasteiger partial charge >= 0.3 is 18.0 Å². The van der Waals surface area contributed by atoms with Crippen molar-refractivity contribution in [3.05, 3.63) is 16.1 Å². The molecule has 4 N–H and O–H groups in total. The van der Waals surface area contributed by atoms with E-state index < -0.39 is 30.4 Å². The van der Waals surface area contributed by atoms with Gasteiger partial charge in [0, 0.05) is 18.3 Å². The van der Waals surface area contributed by atoms with Crippen molar-refractivity contribution in [1.82, 2.24) is 15.6 Å². The number of nitrogens with one attached hydrogen (secondary N) is 2. The van der Waals surface area contributed by atoms with Crippen LogP contribution in [-0.4, -0.2) is 45.8 Å². The maximum atomic E-state index is 11.4. The van der Waals surface area contributed by atoms with Gasteiger partial charge in [0.15, 0.2) is 0 Å². The van der Waals surface area contributed by atoms with Crippen molar-refractivity contribution in [1.29, 1.82) is 0 Å². The summed E-state index contributed by atoms with van der Waals surface area (Å²) >= 11 is 1.50. The van der Waals surface area contributed by atoms with Gasteiger partial charge in [-0.05, 0) is 6.92 Å². The lowest BCUT2D eigenvalue weighted by Crippen LogP contribution is -2.47. The molecule has 20 heavy (non-hydrogen) atoms. The largest absolute Gasteiger partial charge is 0.481 e. The molecule has 1 aromatic rings. The minimum absolute atomic E-state index is 0.286. The van der Waals surface area contributed by atoms with Crippen LogP contribution >= 0.6 is 11.3 Å². The van der Waals surface area contributed by atoms with Crippen molar-refractivity contribution in [3.63, 3.8) is 0 Å². The van der Waals surface area contributed by atoms with Crippen molar-refractivity contribution in [2.75, 3.05) is 6.54 Å². The molecule has 0 aliphatic carbocycles. The third-order valence-corrected chi connectivity index (χ3v) is 3.14. The van der Waals surface area contributed by atoms with E-state index in [-0.39, 0.29) is 6.54 Å². The number of rotatable bonds is 7. The van der Waals surface area contributed by atoms with Gasteiger partial charge in [-0.3, -0.25) is 4.79 Å². The van der Waals surface area contributed by atoms with E-state index in [1.165, 1.54) is 11.3 Å². The van der Waals surface area contributed by atoms with E-state index in [0.717, 1.165) is 10.7 Å². The number of aromatic nitrogens is 1. The van der Waals surface area contributed by atoms with Gasteiger partial charge in [0.2, 0.25) is 0 Å². The molecule has 1 rings (SSSR count). The highest BCUT2D eigenvalue weighted by Crippen LogP contribution is 2.07. The monoisotopic (exact) mass is 301 g/mol. The van der Waals surface area contributed by atoms with Gasteiger partial charge in [0.25, 0.3) is 0 Å². The van der Waals surface area contributed by atoms with Crippen molar-refractivity contribution in [3.8, 4) is 0 Å². The first kappa shape index (κ1) is 15.9. The molecular formula is C11H15N3O5S. The van der Waals surface area contributed by atoms with Crippen LogP contribution < -0.4 is 10.6 Å². The van der Waals surface area contributed by atoms with Crippen LogP contribution in [0.5, 0.6) is 0 Å². The van der Waals surface area contributed by atoms with Crippen LogP contribution in [0.3, 0.4) is 0 Å². The average molecular weight is 301 g/mol. The number of carbonyl (C=O) groups is 3. The topological polar surface area (TPSA) is 129 Å². The number of thiazole rings is 1. The van der Waals surface area contributed by atoms with Gasteiger partial charge < -0.3 is 20.8 Å². The molecule has 0 aliphatic rings. The fourth-order valence-corrected chi connectivity index (χ4v) is 2.06. The Kier molecular flexibility index (Phi) is 5.91. The minimum Gasteiger partial charge on any atom is -0.481 e. The van der Waals surface area contributed by atoms with Gasteiger partial charge in [-0.15, -0.1) is 11.3 Å². The summed E-state index contributed by atoms with van der Waals surface area (Å²) in [7, 11) is 0. The van der Waals surface area contributed by atoms with Gasteiger partial charge in [0.1, 0.15) is 6.04 Å². The first-order chi connectivity index (χ1) is 9.38. The standard InChI is InChI=1S/C11H15N3O5S/c1-6-13-7(5-20-6)2-3-12-11(19)14-8(10(17)18)4-9(15)16/h5,8H,2-4H2,1H3,(H,15,16)(H,17,18)(H2,12,14,19). The zero-order valence-corrected chi connectivity index (χ0v) is 11.6. The summed E-state index contributed by atoms with van der Waals surface area (Å²) in [4.78, 5) is 36.9. The number of urea groups is 1. The number of hydrogen-bond acceptors (Lipinski definition) is 5. The Balaban J connectivity index is 2.34. The van der Waals surface area contributed by atoms with E-state index in [0.29, 0.717) is 6.42 Å². The number of aliphatic carboxylic acids is 2. The van der Waals surface area contributed by atoms with Crippen LogP contribution in [0.2, 0.25) is 0 Å². The second-order valence-electron chi connectivity index (χ2n) is 4.00. The molecule has 0 bridgehead atoms. The molecule has 1 atom stereocenters. The van der Waals surface area contributed by atoms with Gasteiger partial charge in [-0.25, -0.2) is 14.6 Å². The Morgan fingerprint density at radius 2 is 2.10 bits per heavy atom. The molecular weight excluding hydrogens is 286 g/mol. The summed E-state index contributed by atoms with van der Waals surface area (Å²) < 4.78 is 0. The average Bonchev–Trinajstić information content (AvgIpc) is 2.73. The summed E-state index contributed by atoms with van der Waals surface area (Å²) in [5, 5.41) is 24.6. The van der Waals surface area contributed by atoms with Crippen LogP contribution in [0, 0.1) is 6.92 Å². The molecule has 0 aromatic carbocycles. The molecule has 0 saturated carbocycles. The van der Waals surface area contributed by atoms with E-state index in [2.05, 4.69) is 15.6 Å². The van der Waals surface area contributed by atoms with E-state index >= 15 is 0 Å². The third kappa shape index (κ3) is 5.65. The van der Waals surface area contributed by atoms with Crippen molar-refractivity contribution in [2.24, 2.45) is 0 Å². The van der Waals surface area contributed by atoms with Crippen molar-refractivity contribution < 1.29 is 24.6 Å². The summed E-state index contributed by atoms with van der Waals surface area (Å²) in [5.74, 6) is -2.69. The molecule has 9 heteroatoms. The lowest BCUT2D eigenvalue weighted by atomic mass is 10.2. The highest BCUT2D eigenvalue weighted by atomic mass is 32.1. The Bertz CT molecular complexity index is 502. The van der Waals surface area contributed by atoms with Crippen LogP contribution in [0.4, 0.5) is 4.79 Å². The number of nitrogens with zero attached hydrogens (tertiary/aromatic N) is 1. The Morgan fingerprint density at radius 3 is 2.60 bits per heavy atom. The Labute approximate surface area is 118 Å². The summed E-state index contributed by atoms with van der Waals surface area (Å²) in [6, 6.07) is -2.17. The van der Waals surface area contributed by atoms with Crippen molar-refractivity contribution in [2.45, 2.75) is 25.8 Å². The third-order valence-electron chi connectivity index (χ3n) is 2.32. The number of carbonyl (C=O) groups excluding carboxylic acids is 1. The summed E-state index contributed by atoms with van der Waals surface area (Å²) in [5.41, 5.74) is 0.841. The molecule has 1 heterocycles. The molecule has 0 radical (unpaired) electrons. The minimum atomic E-state index is -1.45. The molecule has 110 valence electrons. The van der Waals surface area contributed by atoms with E-state index in [1.54, 1.807) is 0 Å². The molecule has 2 amide bonds. The SMILES string of the molecule is Cc1nc(CCNC(=O)NC(CC(=O)O)C(=O)O)cs1. The van der Waals surface area contributed by atoms with Crippen LogP contribution in [0.1, 0.15) is 17.1 Å². The van der Waals surface area contributed by atoms with E-state index in [9.17, 15) is 14.4 Å². The summed E-state index contributed by atoms with van der Waals surface area (Å²) in [6.07, 6.45) is -0.150. The predicted octanol–water partition coefficient (Wildman–Crippen LogP) is 0.221. The molecule has 8 nitrogen and oxygen atoms in total. The van der Waals surface area contributed by atoms with Crippen LogP contribution in [0.25, 0.3) is 0 Å². The number of aryl methyl sites for hydroxylation is 1. The fourth-order valence-electron chi connectivity index (χ4n) is 1.41. The predicted molar refractivity (Wildman–Crippen MR) is 70.8 cm³/mol. The first-order valence-corrected chi connectivity index (χ1v) is 6.66. The Hall–Kier alpha value is -2.16. The second-order valence-corrected chi connectivity index (χ2v) is 5.06. The van der Waals surface area contributed by atoms with Crippen molar-refractivity contribution >= 4 is 29.3 Å². The van der Waals surface area contributed by atoms with Gasteiger partial charge in [-0.1, -0.05) is 0 Å². The summed E-state index contributed by atoms with van der Waals surface area (Å²) in [6.45, 7) is 2.16. The smallest absolute Gasteiger partial charge is 0.326 e. The number of carboxylic acid groups (broad SMARTS) is 2. The first-order valence-electron chi connectivity index (χ1n) is 5.78. The molecule has 0 aliphatic heterocycles. The maximum Gasteiger partial charge on any atom is 0.326 e. The van der Waals surface area contributed by atoms with Gasteiger partial charge in [-0.2, -0.15) is 0 Å². The maximum absolute atomic E-state index is 11.4. The molecule has 1 aromatic heterocycles. The number of amides is 2. The van der Waals surface area contributed by atoms with E-state index in [4.69, 9.17) is 10.2 Å². The van der Waals surface area contributed by atoms with Gasteiger partial charge in [0.05, 0.1) is 17.1 Å². The normalized spacial score (nSPS) is 11.7. The highest BCUT2D eigenvalue weighted by Gasteiger charge is 2.22. The number of carboxylic acids is 2. The molecule has 0 fully saturated rings. The quantitative estimate of drug-likeness (QED) is 0.570. The zero-order chi connectivity index (χ0) is 15.1. The zero-order valence-electron chi connectivity index (χ0n) is 10.8. The fraction of sp³-hybridized carbons (Fsp3) is 0.455. The Morgan fingerprint density at radius 1 is 1.40 bits per heavy atom. The molecule has 1 unspecified atom stereocenters. The molecule has 0 spiro atoms.